The Morgan fingerprint density at radius 2 is 1.94 bits per heavy atom. The fourth-order valence-electron chi connectivity index (χ4n) is 4.95. The molecule has 0 saturated heterocycles. The minimum absolute atomic E-state index is 0.295. The number of benzene rings is 2. The topological polar surface area (TPSA) is 81.2 Å². The van der Waals surface area contributed by atoms with Gasteiger partial charge in [0, 0.05) is 30.4 Å². The van der Waals surface area contributed by atoms with E-state index in [1.165, 1.54) is 30.3 Å². The van der Waals surface area contributed by atoms with Crippen LogP contribution in [0, 0.1) is 0 Å². The lowest BCUT2D eigenvalue weighted by atomic mass is 10.0. The molecule has 0 aliphatic heterocycles. The Bertz CT molecular complexity index is 1300. The van der Waals surface area contributed by atoms with E-state index in [1.54, 1.807) is 19.3 Å². The molecule has 1 aliphatic rings. The Kier molecular flexibility index (Phi) is 6.86. The highest BCUT2D eigenvalue weighted by molar-refractivity contribution is 6.08. The highest BCUT2D eigenvalue weighted by atomic mass is 16.5. The summed E-state index contributed by atoms with van der Waals surface area (Å²) >= 11 is 0. The zero-order valence-electron chi connectivity index (χ0n) is 20.3. The van der Waals surface area contributed by atoms with Crippen LogP contribution in [0.5, 0.6) is 0 Å². The number of rotatable bonds is 8. The summed E-state index contributed by atoms with van der Waals surface area (Å²) in [6.45, 7) is 5.26. The van der Waals surface area contributed by atoms with Crippen LogP contribution in [-0.2, 0) is 16.1 Å². The van der Waals surface area contributed by atoms with Gasteiger partial charge in [-0.1, -0.05) is 43.2 Å². The van der Waals surface area contributed by atoms with Gasteiger partial charge in [0.05, 0.1) is 35.7 Å². The number of anilines is 1. The predicted octanol–water partition coefficient (Wildman–Crippen LogP) is 6.59. The van der Waals surface area contributed by atoms with Crippen LogP contribution in [0.25, 0.3) is 33.5 Å². The van der Waals surface area contributed by atoms with Crippen molar-refractivity contribution in [2.75, 3.05) is 18.5 Å². The van der Waals surface area contributed by atoms with Crippen LogP contribution < -0.4 is 5.32 Å². The molecule has 0 radical (unpaired) electrons. The minimum atomic E-state index is -0.442. The number of nitrogens with zero attached hydrogens (tertiary/aromatic N) is 2. The third kappa shape index (κ3) is 4.68. The largest absolute Gasteiger partial charge is 0.449 e. The van der Waals surface area contributed by atoms with Gasteiger partial charge in [-0.2, -0.15) is 0 Å². The number of hydrogen-bond acceptors (Lipinski definition) is 5. The molecule has 1 saturated carbocycles. The molecule has 2 aromatic heterocycles. The van der Waals surface area contributed by atoms with Crippen molar-refractivity contribution >= 4 is 22.7 Å². The zero-order valence-corrected chi connectivity index (χ0v) is 20.3. The van der Waals surface area contributed by atoms with Gasteiger partial charge in [-0.25, -0.2) is 14.3 Å². The van der Waals surface area contributed by atoms with Crippen molar-refractivity contribution in [1.82, 2.24) is 14.5 Å². The summed E-state index contributed by atoms with van der Waals surface area (Å²) in [5.74, 6) is 0.550. The second kappa shape index (κ2) is 10.4. The fourth-order valence-corrected chi connectivity index (χ4v) is 4.95. The number of nitrogens with one attached hydrogen (secondary N) is 2. The summed E-state index contributed by atoms with van der Waals surface area (Å²) in [5, 5.41) is 4.79. The Morgan fingerprint density at radius 3 is 2.69 bits per heavy atom. The van der Waals surface area contributed by atoms with E-state index in [1.807, 2.05) is 25.1 Å². The maximum atomic E-state index is 12.8. The standard InChI is InChI=1S/C28H32N4O3/c1-3-34-18-19-16-22-24(27-29-14-15-32(27)28(33)35-4-2)25(20-10-6-5-7-11-20)31-26(22)23(17-19)30-21-12-8-9-13-21/h5-7,10-11,14-17,21,30-31H,3-4,8-9,12-13,18H2,1-2H3. The average Bonchev–Trinajstić information content (AvgIpc) is 3.63. The summed E-state index contributed by atoms with van der Waals surface area (Å²) in [5.41, 5.74) is 5.95. The highest BCUT2D eigenvalue weighted by Gasteiger charge is 2.25. The predicted molar refractivity (Wildman–Crippen MR) is 139 cm³/mol. The van der Waals surface area contributed by atoms with Gasteiger partial charge in [-0.05, 0) is 49.9 Å². The molecule has 0 amide bonds. The monoisotopic (exact) mass is 472 g/mol. The van der Waals surface area contributed by atoms with Crippen LogP contribution in [0.2, 0.25) is 0 Å². The first-order valence-electron chi connectivity index (χ1n) is 12.5. The van der Waals surface area contributed by atoms with Crippen LogP contribution in [0.15, 0.2) is 54.9 Å². The van der Waals surface area contributed by atoms with E-state index < -0.39 is 6.09 Å². The smallest absolute Gasteiger partial charge is 0.419 e. The first kappa shape index (κ1) is 23.2. The van der Waals surface area contributed by atoms with Crippen molar-refractivity contribution in [3.8, 4) is 22.6 Å². The molecule has 0 atom stereocenters. The van der Waals surface area contributed by atoms with Crippen molar-refractivity contribution in [2.24, 2.45) is 0 Å². The third-order valence-electron chi connectivity index (χ3n) is 6.55. The summed E-state index contributed by atoms with van der Waals surface area (Å²) in [6, 6.07) is 14.9. The van der Waals surface area contributed by atoms with Gasteiger partial charge >= 0.3 is 6.09 Å². The van der Waals surface area contributed by atoms with Gasteiger partial charge in [0.1, 0.15) is 0 Å². The van der Waals surface area contributed by atoms with Crippen LogP contribution in [0.1, 0.15) is 45.1 Å². The average molecular weight is 473 g/mol. The maximum absolute atomic E-state index is 12.8. The molecule has 35 heavy (non-hydrogen) atoms. The van der Waals surface area contributed by atoms with Gasteiger partial charge in [0.25, 0.3) is 0 Å². The summed E-state index contributed by atoms with van der Waals surface area (Å²) in [4.78, 5) is 21.1. The van der Waals surface area contributed by atoms with E-state index >= 15 is 0 Å². The van der Waals surface area contributed by atoms with Crippen molar-refractivity contribution < 1.29 is 14.3 Å². The molecule has 0 spiro atoms. The molecule has 7 nitrogen and oxygen atoms in total. The molecule has 1 aliphatic carbocycles. The molecular weight excluding hydrogens is 440 g/mol. The number of aromatic nitrogens is 3. The van der Waals surface area contributed by atoms with Crippen molar-refractivity contribution in [3.05, 3.63) is 60.4 Å². The Balaban J connectivity index is 1.75. The van der Waals surface area contributed by atoms with E-state index in [2.05, 4.69) is 39.6 Å². The Hall–Kier alpha value is -3.58. The van der Waals surface area contributed by atoms with Crippen molar-refractivity contribution in [1.29, 1.82) is 0 Å². The minimum Gasteiger partial charge on any atom is -0.449 e. The second-order valence-electron chi connectivity index (χ2n) is 8.89. The number of ether oxygens (including phenoxy) is 2. The number of H-pyrrole nitrogens is 1. The van der Waals surface area contributed by atoms with Gasteiger partial charge in [-0.3, -0.25) is 0 Å². The first-order valence-corrected chi connectivity index (χ1v) is 12.5. The number of fused-ring (bicyclic) bond motifs is 1. The summed E-state index contributed by atoms with van der Waals surface area (Å²) < 4.78 is 12.6. The van der Waals surface area contributed by atoms with E-state index in [-0.39, 0.29) is 0 Å². The molecule has 2 aromatic carbocycles. The van der Waals surface area contributed by atoms with Crippen molar-refractivity contribution in [2.45, 2.75) is 52.2 Å². The fraction of sp³-hybridized carbons (Fsp3) is 0.357. The van der Waals surface area contributed by atoms with E-state index in [0.29, 0.717) is 31.7 Å². The lowest BCUT2D eigenvalue weighted by Crippen LogP contribution is -2.15. The molecule has 0 bridgehead atoms. The molecule has 4 aromatic rings. The molecule has 2 heterocycles. The number of imidazole rings is 1. The molecule has 0 unspecified atom stereocenters. The molecule has 5 rings (SSSR count). The van der Waals surface area contributed by atoms with Crippen molar-refractivity contribution in [3.63, 3.8) is 0 Å². The normalized spacial score (nSPS) is 14.0. The van der Waals surface area contributed by atoms with Gasteiger partial charge in [-0.15, -0.1) is 0 Å². The van der Waals surface area contributed by atoms with Crippen LogP contribution >= 0.6 is 0 Å². The van der Waals surface area contributed by atoms with E-state index in [9.17, 15) is 4.79 Å². The van der Waals surface area contributed by atoms with Gasteiger partial charge in [0.15, 0.2) is 5.82 Å². The second-order valence-corrected chi connectivity index (χ2v) is 8.89. The zero-order chi connectivity index (χ0) is 24.2. The molecular formula is C28H32N4O3. The quantitative estimate of drug-likeness (QED) is 0.302. The lowest BCUT2D eigenvalue weighted by molar-refractivity contribution is 0.134. The van der Waals surface area contributed by atoms with E-state index in [4.69, 9.17) is 9.47 Å². The van der Waals surface area contributed by atoms with Gasteiger partial charge in [0.2, 0.25) is 0 Å². The third-order valence-corrected chi connectivity index (χ3v) is 6.55. The highest BCUT2D eigenvalue weighted by Crippen LogP contribution is 2.41. The Labute approximate surface area is 205 Å². The molecule has 1 fully saturated rings. The number of hydrogen-bond donors (Lipinski definition) is 2. The van der Waals surface area contributed by atoms with E-state index in [0.717, 1.165) is 39.0 Å². The SMILES string of the molecule is CCOCc1cc(NC2CCCC2)c2[nH]c(-c3ccccc3)c(-c3nccn3C(=O)OCC)c2c1. The van der Waals surface area contributed by atoms with Gasteiger partial charge < -0.3 is 19.8 Å². The molecule has 182 valence electrons. The Morgan fingerprint density at radius 1 is 1.14 bits per heavy atom. The number of carbonyl (C=O) groups excluding carboxylic acids is 1. The van der Waals surface area contributed by atoms with Crippen LogP contribution in [0.3, 0.4) is 0 Å². The van der Waals surface area contributed by atoms with Crippen LogP contribution in [-0.4, -0.2) is 39.9 Å². The lowest BCUT2D eigenvalue weighted by Gasteiger charge is -2.16. The molecule has 7 heteroatoms. The number of carbonyl (C=O) groups is 1. The molecule has 2 N–H and O–H groups in total. The maximum Gasteiger partial charge on any atom is 0.419 e. The summed E-state index contributed by atoms with van der Waals surface area (Å²) in [7, 11) is 0. The summed E-state index contributed by atoms with van der Waals surface area (Å²) in [6.07, 6.45) is 7.70. The number of aromatic amines is 1. The first-order chi connectivity index (χ1) is 17.2. The van der Waals surface area contributed by atoms with Crippen LogP contribution in [0.4, 0.5) is 10.5 Å².